The molecule has 0 amide bonds. The molecule has 1 heterocycles. The highest BCUT2D eigenvalue weighted by Gasteiger charge is 1.98. The summed E-state index contributed by atoms with van der Waals surface area (Å²) in [5.74, 6) is 2.89. The number of aliphatic imine (C=N–C) groups is 1. The first-order valence-corrected chi connectivity index (χ1v) is 8.29. The first-order chi connectivity index (χ1) is 9.86. The van der Waals surface area contributed by atoms with Crippen molar-refractivity contribution in [3.63, 3.8) is 0 Å². The minimum atomic E-state index is 0. The van der Waals surface area contributed by atoms with Crippen molar-refractivity contribution in [2.75, 3.05) is 38.8 Å². The molecule has 1 aromatic heterocycles. The fraction of sp³-hybridized carbons (Fsp3) is 0.643. The molecule has 1 rings (SSSR count). The first kappa shape index (κ1) is 20.6. The number of hydrogen-bond donors (Lipinski definition) is 2. The van der Waals surface area contributed by atoms with Gasteiger partial charge in [0.15, 0.2) is 5.96 Å². The Morgan fingerprint density at radius 2 is 2.10 bits per heavy atom. The highest BCUT2D eigenvalue weighted by atomic mass is 127. The highest BCUT2D eigenvalue weighted by Crippen LogP contribution is 2.01. The summed E-state index contributed by atoms with van der Waals surface area (Å²) in [6.07, 6.45) is 5.86. The van der Waals surface area contributed by atoms with Crippen LogP contribution in [0, 0.1) is 0 Å². The van der Waals surface area contributed by atoms with Crippen LogP contribution in [0.2, 0.25) is 0 Å². The van der Waals surface area contributed by atoms with E-state index in [-0.39, 0.29) is 24.0 Å². The lowest BCUT2D eigenvalue weighted by Gasteiger charge is -2.11. The van der Waals surface area contributed by atoms with Gasteiger partial charge in [0.05, 0.1) is 6.26 Å². The van der Waals surface area contributed by atoms with Crippen LogP contribution in [0.1, 0.15) is 18.6 Å². The van der Waals surface area contributed by atoms with Gasteiger partial charge in [-0.05, 0) is 37.0 Å². The molecule has 0 spiro atoms. The highest BCUT2D eigenvalue weighted by molar-refractivity contribution is 14.0. The van der Waals surface area contributed by atoms with Crippen molar-refractivity contribution in [1.29, 1.82) is 0 Å². The van der Waals surface area contributed by atoms with Crippen LogP contribution in [-0.2, 0) is 11.3 Å². The van der Waals surface area contributed by atoms with E-state index in [0.29, 0.717) is 13.2 Å². The van der Waals surface area contributed by atoms with Crippen molar-refractivity contribution in [1.82, 2.24) is 10.6 Å². The standard InChI is InChI=1S/C14H25N3O2S.HI/c1-15-14(17-8-5-11-20-2)16-7-4-9-18-12-13-6-3-10-19-13;/h3,6,10H,4-5,7-9,11-12H2,1-2H3,(H2,15,16,17);1H. The van der Waals surface area contributed by atoms with E-state index in [2.05, 4.69) is 21.9 Å². The van der Waals surface area contributed by atoms with E-state index in [1.165, 1.54) is 5.75 Å². The molecule has 5 nitrogen and oxygen atoms in total. The predicted molar refractivity (Wildman–Crippen MR) is 101 cm³/mol. The number of nitrogens with zero attached hydrogens (tertiary/aromatic N) is 1. The van der Waals surface area contributed by atoms with Crippen LogP contribution in [0.5, 0.6) is 0 Å². The maximum Gasteiger partial charge on any atom is 0.190 e. The molecule has 21 heavy (non-hydrogen) atoms. The number of guanidine groups is 1. The van der Waals surface area contributed by atoms with Gasteiger partial charge in [-0.15, -0.1) is 24.0 Å². The second kappa shape index (κ2) is 14.5. The zero-order valence-corrected chi connectivity index (χ0v) is 15.9. The van der Waals surface area contributed by atoms with Crippen molar-refractivity contribution in [3.05, 3.63) is 24.2 Å². The van der Waals surface area contributed by atoms with Crippen LogP contribution in [0.4, 0.5) is 0 Å². The molecule has 1 aromatic rings. The Bertz CT molecular complexity index is 361. The largest absolute Gasteiger partial charge is 0.467 e. The fourth-order valence-electron chi connectivity index (χ4n) is 1.59. The topological polar surface area (TPSA) is 58.8 Å². The molecule has 0 radical (unpaired) electrons. The van der Waals surface area contributed by atoms with Crippen LogP contribution in [-0.4, -0.2) is 44.7 Å². The normalized spacial score (nSPS) is 11.0. The summed E-state index contributed by atoms with van der Waals surface area (Å²) in [4.78, 5) is 4.18. The van der Waals surface area contributed by atoms with Crippen LogP contribution in [0.3, 0.4) is 0 Å². The van der Waals surface area contributed by atoms with Gasteiger partial charge in [-0.25, -0.2) is 0 Å². The van der Waals surface area contributed by atoms with E-state index in [9.17, 15) is 0 Å². The molecule has 0 aliphatic carbocycles. The molecule has 0 aliphatic rings. The van der Waals surface area contributed by atoms with Crippen LogP contribution >= 0.6 is 35.7 Å². The number of furan rings is 1. The van der Waals surface area contributed by atoms with Crippen LogP contribution in [0.15, 0.2) is 27.8 Å². The maximum atomic E-state index is 5.51. The zero-order valence-electron chi connectivity index (χ0n) is 12.8. The van der Waals surface area contributed by atoms with E-state index >= 15 is 0 Å². The van der Waals surface area contributed by atoms with Crippen LogP contribution in [0.25, 0.3) is 0 Å². The van der Waals surface area contributed by atoms with E-state index < -0.39 is 0 Å². The smallest absolute Gasteiger partial charge is 0.190 e. The molecule has 7 heteroatoms. The lowest BCUT2D eigenvalue weighted by Crippen LogP contribution is -2.38. The Morgan fingerprint density at radius 1 is 1.33 bits per heavy atom. The third-order valence-corrected chi connectivity index (χ3v) is 3.32. The number of thioether (sulfide) groups is 1. The minimum absolute atomic E-state index is 0. The van der Waals surface area contributed by atoms with Crippen molar-refractivity contribution in [2.24, 2.45) is 4.99 Å². The zero-order chi connectivity index (χ0) is 14.5. The molecule has 0 unspecified atom stereocenters. The molecule has 0 saturated heterocycles. The molecule has 0 bridgehead atoms. The van der Waals surface area contributed by atoms with Gasteiger partial charge in [0, 0.05) is 26.7 Å². The Morgan fingerprint density at radius 3 is 2.71 bits per heavy atom. The van der Waals surface area contributed by atoms with E-state index in [1.807, 2.05) is 23.9 Å². The summed E-state index contributed by atoms with van der Waals surface area (Å²) in [7, 11) is 1.79. The second-order valence-corrected chi connectivity index (χ2v) is 5.24. The number of halogens is 1. The van der Waals surface area contributed by atoms with Gasteiger partial charge in [-0.1, -0.05) is 0 Å². The van der Waals surface area contributed by atoms with Crippen molar-refractivity contribution in [3.8, 4) is 0 Å². The van der Waals surface area contributed by atoms with Crippen molar-refractivity contribution < 1.29 is 9.15 Å². The van der Waals surface area contributed by atoms with E-state index in [1.54, 1.807) is 13.3 Å². The number of hydrogen-bond acceptors (Lipinski definition) is 4. The second-order valence-electron chi connectivity index (χ2n) is 4.26. The average molecular weight is 427 g/mol. The molecular formula is C14H26IN3O2S. The average Bonchev–Trinajstić information content (AvgIpc) is 2.98. The monoisotopic (exact) mass is 427 g/mol. The third kappa shape index (κ3) is 10.9. The van der Waals surface area contributed by atoms with Gasteiger partial charge in [0.25, 0.3) is 0 Å². The van der Waals surface area contributed by atoms with Gasteiger partial charge in [-0.3, -0.25) is 4.99 Å². The summed E-state index contributed by atoms with van der Waals surface area (Å²) in [6, 6.07) is 3.78. The van der Waals surface area contributed by atoms with E-state index in [0.717, 1.165) is 37.7 Å². The van der Waals surface area contributed by atoms with Crippen molar-refractivity contribution >= 4 is 41.7 Å². The third-order valence-electron chi connectivity index (χ3n) is 2.62. The molecule has 0 saturated carbocycles. The molecule has 0 atom stereocenters. The van der Waals surface area contributed by atoms with Crippen molar-refractivity contribution in [2.45, 2.75) is 19.4 Å². The molecule has 0 aromatic carbocycles. The quantitative estimate of drug-likeness (QED) is 0.260. The lowest BCUT2D eigenvalue weighted by atomic mass is 10.4. The maximum absolute atomic E-state index is 5.51. The van der Waals surface area contributed by atoms with E-state index in [4.69, 9.17) is 9.15 Å². The summed E-state index contributed by atoms with van der Waals surface area (Å²) in [5.41, 5.74) is 0. The SMILES string of the molecule is CN=C(NCCCOCc1ccco1)NCCCSC.I. The van der Waals surface area contributed by atoms with Crippen LogP contribution < -0.4 is 10.6 Å². The van der Waals surface area contributed by atoms with Gasteiger partial charge < -0.3 is 19.8 Å². The van der Waals surface area contributed by atoms with Gasteiger partial charge in [0.2, 0.25) is 0 Å². The van der Waals surface area contributed by atoms with Gasteiger partial charge >= 0.3 is 0 Å². The Balaban J connectivity index is 0.00000400. The molecule has 0 aliphatic heterocycles. The number of nitrogens with one attached hydrogen (secondary N) is 2. The molecule has 0 fully saturated rings. The molecular weight excluding hydrogens is 401 g/mol. The summed E-state index contributed by atoms with van der Waals surface area (Å²) < 4.78 is 10.7. The number of rotatable bonds is 10. The lowest BCUT2D eigenvalue weighted by molar-refractivity contribution is 0.105. The Labute approximate surface area is 148 Å². The number of ether oxygens (including phenoxy) is 1. The molecule has 122 valence electrons. The summed E-state index contributed by atoms with van der Waals surface area (Å²) in [6.45, 7) is 3.04. The summed E-state index contributed by atoms with van der Waals surface area (Å²) >= 11 is 1.86. The Hall–Kier alpha value is -0.410. The Kier molecular flexibility index (Phi) is 14.2. The van der Waals surface area contributed by atoms with Gasteiger partial charge in [0.1, 0.15) is 12.4 Å². The molecule has 2 N–H and O–H groups in total. The minimum Gasteiger partial charge on any atom is -0.467 e. The predicted octanol–water partition coefficient (Wildman–Crippen LogP) is 2.72. The fourth-order valence-corrected chi connectivity index (χ4v) is 2.03. The van der Waals surface area contributed by atoms with Gasteiger partial charge in [-0.2, -0.15) is 11.8 Å². The summed E-state index contributed by atoms with van der Waals surface area (Å²) in [5, 5.41) is 6.56. The first-order valence-electron chi connectivity index (χ1n) is 6.90.